The average Bonchev–Trinajstić information content (AvgIpc) is 2.75. The predicted octanol–water partition coefficient (Wildman–Crippen LogP) is 7.73. The topological polar surface area (TPSA) is 76.7 Å². The Hall–Kier alpha value is -1.66. The van der Waals surface area contributed by atoms with E-state index in [-0.39, 0.29) is 38.9 Å². The zero-order chi connectivity index (χ0) is 31.7. The maximum Gasteiger partial charge on any atom is 0.225 e. The van der Waals surface area contributed by atoms with Crippen molar-refractivity contribution >= 4 is 11.8 Å². The molecule has 0 heterocycles. The molecule has 0 fully saturated rings. The Bertz CT molecular complexity index is 755. The monoisotopic (exact) mass is 567 g/mol. The summed E-state index contributed by atoms with van der Waals surface area (Å²) in [6.45, 7) is 33.7. The summed E-state index contributed by atoms with van der Waals surface area (Å²) in [5.41, 5.74) is 0.279. The third-order valence-corrected chi connectivity index (χ3v) is 5.21. The van der Waals surface area contributed by atoms with E-state index in [9.17, 15) is 9.59 Å². The van der Waals surface area contributed by atoms with Crippen LogP contribution in [0, 0.1) is 27.1 Å². The van der Waals surface area contributed by atoms with Crippen LogP contribution < -0.4 is 10.6 Å². The maximum atomic E-state index is 12.2. The molecule has 0 unspecified atom stereocenters. The second-order valence-electron chi connectivity index (χ2n) is 16.3. The van der Waals surface area contributed by atoms with Crippen LogP contribution in [0.25, 0.3) is 0 Å². The molecule has 0 aromatic rings. The number of carbonyl (C=O) groups is 2. The highest BCUT2D eigenvalue weighted by atomic mass is 16.5. The minimum absolute atomic E-state index is 0.109. The first-order chi connectivity index (χ1) is 17.9. The summed E-state index contributed by atoms with van der Waals surface area (Å²) in [5.74, 6) is 0.230. The van der Waals surface area contributed by atoms with E-state index in [0.29, 0.717) is 26.2 Å². The zero-order valence-electron chi connectivity index (χ0n) is 28.8. The number of hydrogen-bond donors (Lipinski definition) is 2. The van der Waals surface area contributed by atoms with E-state index in [2.05, 4.69) is 93.7 Å². The molecule has 0 aliphatic rings. The van der Waals surface area contributed by atoms with Gasteiger partial charge in [-0.2, -0.15) is 0 Å². The van der Waals surface area contributed by atoms with Gasteiger partial charge in [-0.1, -0.05) is 121 Å². The number of carbonyl (C=O) groups excluding carboxylic acids is 2. The lowest BCUT2D eigenvalue weighted by Gasteiger charge is -2.25. The molecular formula is C34H66N2O4. The first-order valence-corrected chi connectivity index (χ1v) is 14.9. The summed E-state index contributed by atoms with van der Waals surface area (Å²) in [6, 6.07) is 0. The van der Waals surface area contributed by atoms with Gasteiger partial charge in [-0.05, 0) is 34.5 Å². The normalized spacial score (nSPS) is 13.3. The first-order valence-electron chi connectivity index (χ1n) is 14.9. The number of hydrogen-bond acceptors (Lipinski definition) is 4. The molecule has 2 amide bonds. The van der Waals surface area contributed by atoms with Gasteiger partial charge in [0.25, 0.3) is 0 Å². The number of nitrogens with one attached hydrogen (secondary N) is 2. The second kappa shape index (κ2) is 18.7. The van der Waals surface area contributed by atoms with Crippen molar-refractivity contribution in [2.24, 2.45) is 27.1 Å². The summed E-state index contributed by atoms with van der Waals surface area (Å²) < 4.78 is 11.1. The van der Waals surface area contributed by atoms with Crippen LogP contribution in [0.5, 0.6) is 0 Å². The summed E-state index contributed by atoms with van der Waals surface area (Å²) in [5, 5.41) is 5.97. The van der Waals surface area contributed by atoms with Gasteiger partial charge in [0.05, 0.1) is 26.4 Å². The van der Waals surface area contributed by atoms with Crippen molar-refractivity contribution in [3.8, 4) is 0 Å². The fourth-order valence-corrected chi connectivity index (χ4v) is 2.84. The van der Waals surface area contributed by atoms with Crippen molar-refractivity contribution in [1.29, 1.82) is 0 Å². The molecule has 0 aromatic heterocycles. The van der Waals surface area contributed by atoms with Crippen molar-refractivity contribution in [3.05, 3.63) is 24.3 Å². The molecule has 0 saturated carbocycles. The lowest BCUT2D eigenvalue weighted by atomic mass is 9.87. The third kappa shape index (κ3) is 30.9. The fourth-order valence-electron chi connectivity index (χ4n) is 2.84. The Morgan fingerprint density at radius 2 is 1.00 bits per heavy atom. The van der Waals surface area contributed by atoms with E-state index in [0.717, 1.165) is 32.6 Å². The molecule has 40 heavy (non-hydrogen) atoms. The van der Waals surface area contributed by atoms with Gasteiger partial charge < -0.3 is 20.1 Å². The standard InChI is InChI=1S/C18H35NO2.C16H31NO2/c1-16(2,3)13-19-15(20)18(7,8)11-9-10-12-21-14-17(4,5)6;1-15(2,3)12-17-14(18)10-8-7-9-11-19-13-16(4,5)6/h9-10H,11-14H2,1-8H3,(H,19,20);7,9H,8,10-13H2,1-6H3,(H,17,18). The molecule has 0 bridgehead atoms. The van der Waals surface area contributed by atoms with Crippen LogP contribution in [0.1, 0.15) is 116 Å². The third-order valence-electron chi connectivity index (χ3n) is 5.21. The quantitative estimate of drug-likeness (QED) is 0.167. The van der Waals surface area contributed by atoms with Gasteiger partial charge in [-0.15, -0.1) is 0 Å². The molecule has 0 aromatic carbocycles. The highest BCUT2D eigenvalue weighted by Gasteiger charge is 2.27. The maximum absolute atomic E-state index is 12.2. The van der Waals surface area contributed by atoms with E-state index in [1.165, 1.54) is 0 Å². The Morgan fingerprint density at radius 1 is 0.575 bits per heavy atom. The van der Waals surface area contributed by atoms with Crippen LogP contribution >= 0.6 is 0 Å². The minimum atomic E-state index is -0.383. The summed E-state index contributed by atoms with van der Waals surface area (Å²) in [6.07, 6.45) is 10.1. The van der Waals surface area contributed by atoms with Crippen molar-refractivity contribution in [3.63, 3.8) is 0 Å². The lowest BCUT2D eigenvalue weighted by Crippen LogP contribution is -2.40. The van der Waals surface area contributed by atoms with Gasteiger partial charge in [-0.3, -0.25) is 9.59 Å². The van der Waals surface area contributed by atoms with E-state index in [1.807, 2.05) is 38.2 Å². The molecule has 0 atom stereocenters. The number of ether oxygens (including phenoxy) is 2. The van der Waals surface area contributed by atoms with E-state index in [4.69, 9.17) is 9.47 Å². The number of amides is 2. The Morgan fingerprint density at radius 3 is 1.43 bits per heavy atom. The van der Waals surface area contributed by atoms with Crippen LogP contribution in [0.3, 0.4) is 0 Å². The van der Waals surface area contributed by atoms with E-state index in [1.54, 1.807) is 0 Å². The highest BCUT2D eigenvalue weighted by Crippen LogP contribution is 2.22. The molecule has 0 rings (SSSR count). The molecule has 2 N–H and O–H groups in total. The van der Waals surface area contributed by atoms with Crippen LogP contribution in [-0.4, -0.2) is 51.3 Å². The second-order valence-corrected chi connectivity index (χ2v) is 16.3. The van der Waals surface area contributed by atoms with Crippen molar-refractivity contribution in [2.45, 2.75) is 116 Å². The summed E-state index contributed by atoms with van der Waals surface area (Å²) in [4.78, 5) is 23.7. The average molecular weight is 567 g/mol. The van der Waals surface area contributed by atoms with Gasteiger partial charge in [0.2, 0.25) is 11.8 Å². The van der Waals surface area contributed by atoms with Gasteiger partial charge in [-0.25, -0.2) is 0 Å². The molecule has 236 valence electrons. The van der Waals surface area contributed by atoms with Crippen LogP contribution in [-0.2, 0) is 19.1 Å². The molecule has 6 heteroatoms. The first kappa shape index (κ1) is 40.5. The lowest BCUT2D eigenvalue weighted by molar-refractivity contribution is -0.129. The highest BCUT2D eigenvalue weighted by molar-refractivity contribution is 5.82. The van der Waals surface area contributed by atoms with E-state index >= 15 is 0 Å². The molecule has 0 aliphatic heterocycles. The van der Waals surface area contributed by atoms with Gasteiger partial charge in [0.1, 0.15) is 0 Å². The van der Waals surface area contributed by atoms with Crippen molar-refractivity contribution < 1.29 is 19.1 Å². The van der Waals surface area contributed by atoms with Crippen LogP contribution in [0.4, 0.5) is 0 Å². The number of allylic oxidation sites excluding steroid dienone is 2. The smallest absolute Gasteiger partial charge is 0.225 e. The van der Waals surface area contributed by atoms with Crippen LogP contribution in [0.15, 0.2) is 24.3 Å². The summed E-state index contributed by atoms with van der Waals surface area (Å²) >= 11 is 0. The molecule has 0 saturated heterocycles. The largest absolute Gasteiger partial charge is 0.377 e. The minimum Gasteiger partial charge on any atom is -0.377 e. The zero-order valence-corrected chi connectivity index (χ0v) is 28.8. The Kier molecular flexibility index (Phi) is 18.9. The van der Waals surface area contributed by atoms with E-state index < -0.39 is 0 Å². The molecule has 0 radical (unpaired) electrons. The molecule has 6 nitrogen and oxygen atoms in total. The Balaban J connectivity index is 0. The Labute approximate surface area is 248 Å². The molecular weight excluding hydrogens is 500 g/mol. The predicted molar refractivity (Wildman–Crippen MR) is 171 cm³/mol. The SMILES string of the molecule is CC(C)(C)CNC(=O)C(C)(C)CC=CCOCC(C)(C)C.CC(C)(C)CNC(=O)CCC=CCOCC(C)(C)C. The van der Waals surface area contributed by atoms with Gasteiger partial charge in [0.15, 0.2) is 0 Å². The molecule has 0 aliphatic carbocycles. The van der Waals surface area contributed by atoms with Gasteiger partial charge >= 0.3 is 0 Å². The fraction of sp³-hybridized carbons (Fsp3) is 0.824. The number of rotatable bonds is 14. The van der Waals surface area contributed by atoms with Gasteiger partial charge in [0, 0.05) is 24.9 Å². The van der Waals surface area contributed by atoms with Crippen LogP contribution in [0.2, 0.25) is 0 Å². The summed E-state index contributed by atoms with van der Waals surface area (Å²) in [7, 11) is 0. The van der Waals surface area contributed by atoms with Crippen molar-refractivity contribution in [1.82, 2.24) is 10.6 Å². The molecule has 0 spiro atoms. The van der Waals surface area contributed by atoms with Crippen molar-refractivity contribution in [2.75, 3.05) is 39.5 Å².